The summed E-state index contributed by atoms with van der Waals surface area (Å²) in [5.74, 6) is -0.569. The Morgan fingerprint density at radius 3 is 2.56 bits per heavy atom. The second-order valence-corrected chi connectivity index (χ2v) is 5.66. The smallest absolute Gasteiger partial charge is 0.323 e. The highest BCUT2D eigenvalue weighted by Gasteiger charge is 2.37. The Labute approximate surface area is 107 Å². The monoisotopic (exact) mass is 258 g/mol. The molecule has 1 saturated heterocycles. The largest absolute Gasteiger partial charge is 0.468 e. The highest BCUT2D eigenvalue weighted by Crippen LogP contribution is 2.18. The average molecular weight is 258 g/mol. The van der Waals surface area contributed by atoms with E-state index in [-0.39, 0.29) is 18.0 Å². The van der Waals surface area contributed by atoms with Crippen molar-refractivity contribution < 1.29 is 19.4 Å². The van der Waals surface area contributed by atoms with Crippen molar-refractivity contribution in [2.24, 2.45) is 0 Å². The van der Waals surface area contributed by atoms with Gasteiger partial charge in [0.2, 0.25) is 5.91 Å². The van der Waals surface area contributed by atoms with E-state index < -0.39 is 18.1 Å². The zero-order chi connectivity index (χ0) is 13.9. The summed E-state index contributed by atoms with van der Waals surface area (Å²) in [6, 6.07) is -0.532. The molecular weight excluding hydrogens is 236 g/mol. The van der Waals surface area contributed by atoms with Crippen LogP contribution in [0, 0.1) is 0 Å². The number of carbonyl (C=O) groups excluding carboxylic acids is 2. The first-order valence-corrected chi connectivity index (χ1v) is 6.04. The molecule has 1 rings (SSSR count). The van der Waals surface area contributed by atoms with Crippen LogP contribution in [-0.4, -0.2) is 59.8 Å². The maximum absolute atomic E-state index is 11.8. The van der Waals surface area contributed by atoms with Gasteiger partial charge in [0.25, 0.3) is 0 Å². The standard InChI is InChI=1S/C12H22N2O4/c1-12(2,3)13-10(16)7-14-6-8(15)5-9(14)11(17)18-4/h8-9,15H,5-7H2,1-4H3,(H,13,16). The molecule has 0 radical (unpaired) electrons. The van der Waals surface area contributed by atoms with E-state index in [0.717, 1.165) is 0 Å². The van der Waals surface area contributed by atoms with E-state index in [0.29, 0.717) is 13.0 Å². The Bertz CT molecular complexity index is 325. The van der Waals surface area contributed by atoms with Crippen molar-refractivity contribution >= 4 is 11.9 Å². The maximum atomic E-state index is 11.8. The SMILES string of the molecule is COC(=O)C1CC(O)CN1CC(=O)NC(C)(C)C. The van der Waals surface area contributed by atoms with Gasteiger partial charge in [-0.25, -0.2) is 0 Å². The van der Waals surface area contributed by atoms with Crippen LogP contribution in [0.5, 0.6) is 0 Å². The first-order valence-electron chi connectivity index (χ1n) is 6.04. The number of nitrogens with one attached hydrogen (secondary N) is 1. The van der Waals surface area contributed by atoms with Crippen LogP contribution in [0.2, 0.25) is 0 Å². The summed E-state index contributed by atoms with van der Waals surface area (Å²) in [5, 5.41) is 12.4. The van der Waals surface area contributed by atoms with Crippen molar-refractivity contribution in [3.63, 3.8) is 0 Å². The van der Waals surface area contributed by atoms with Crippen LogP contribution in [0.3, 0.4) is 0 Å². The number of β-amino-alcohol motifs (C(OH)–C–C–N with tert-alkyl or cyclic N) is 1. The number of amides is 1. The number of aliphatic hydroxyl groups is 1. The van der Waals surface area contributed by atoms with Crippen LogP contribution in [-0.2, 0) is 14.3 Å². The average Bonchev–Trinajstić information content (AvgIpc) is 2.55. The lowest BCUT2D eigenvalue weighted by atomic mass is 10.1. The van der Waals surface area contributed by atoms with Crippen LogP contribution in [0.1, 0.15) is 27.2 Å². The lowest BCUT2D eigenvalue weighted by molar-refractivity contribution is -0.146. The van der Waals surface area contributed by atoms with Crippen LogP contribution < -0.4 is 5.32 Å². The minimum Gasteiger partial charge on any atom is -0.468 e. The van der Waals surface area contributed by atoms with Crippen LogP contribution >= 0.6 is 0 Å². The van der Waals surface area contributed by atoms with Crippen LogP contribution in [0.25, 0.3) is 0 Å². The quantitative estimate of drug-likeness (QED) is 0.668. The zero-order valence-electron chi connectivity index (χ0n) is 11.4. The first kappa shape index (κ1) is 14.9. The predicted octanol–water partition coefficient (Wildman–Crippen LogP) is -0.491. The highest BCUT2D eigenvalue weighted by atomic mass is 16.5. The molecule has 0 bridgehead atoms. The Morgan fingerprint density at radius 2 is 2.06 bits per heavy atom. The van der Waals surface area contributed by atoms with E-state index in [1.807, 2.05) is 20.8 Å². The van der Waals surface area contributed by atoms with Gasteiger partial charge in [0.15, 0.2) is 0 Å². The number of carbonyl (C=O) groups is 2. The van der Waals surface area contributed by atoms with E-state index in [1.165, 1.54) is 7.11 Å². The fraction of sp³-hybridized carbons (Fsp3) is 0.833. The van der Waals surface area contributed by atoms with Crippen LogP contribution in [0.4, 0.5) is 0 Å². The molecule has 1 amide bonds. The van der Waals surface area contributed by atoms with Crippen LogP contribution in [0.15, 0.2) is 0 Å². The molecule has 104 valence electrons. The molecule has 1 fully saturated rings. The van der Waals surface area contributed by atoms with Crippen molar-refractivity contribution in [1.29, 1.82) is 0 Å². The Kier molecular flexibility index (Phi) is 4.70. The number of nitrogens with zero attached hydrogens (tertiary/aromatic N) is 1. The molecule has 1 aliphatic heterocycles. The summed E-state index contributed by atoms with van der Waals surface area (Å²) in [6.07, 6.45) is -0.272. The van der Waals surface area contributed by atoms with E-state index in [9.17, 15) is 14.7 Å². The van der Waals surface area contributed by atoms with Crippen molar-refractivity contribution in [3.05, 3.63) is 0 Å². The number of hydrogen-bond acceptors (Lipinski definition) is 5. The van der Waals surface area contributed by atoms with Gasteiger partial charge in [-0.15, -0.1) is 0 Å². The number of rotatable bonds is 3. The molecule has 6 heteroatoms. The normalized spacial score (nSPS) is 24.9. The third-order valence-electron chi connectivity index (χ3n) is 2.72. The number of aliphatic hydroxyl groups excluding tert-OH is 1. The Hall–Kier alpha value is -1.14. The molecule has 2 atom stereocenters. The number of methoxy groups -OCH3 is 1. The molecule has 1 aliphatic rings. The summed E-state index contributed by atoms with van der Waals surface area (Å²) in [5.41, 5.74) is -0.309. The molecule has 1 heterocycles. The van der Waals surface area contributed by atoms with Crippen molar-refractivity contribution in [1.82, 2.24) is 10.2 Å². The van der Waals surface area contributed by atoms with E-state index in [4.69, 9.17) is 0 Å². The maximum Gasteiger partial charge on any atom is 0.323 e. The van der Waals surface area contributed by atoms with Crippen molar-refractivity contribution in [2.75, 3.05) is 20.2 Å². The zero-order valence-corrected chi connectivity index (χ0v) is 11.4. The predicted molar refractivity (Wildman–Crippen MR) is 65.9 cm³/mol. The molecule has 0 aliphatic carbocycles. The Balaban J connectivity index is 2.59. The summed E-state index contributed by atoms with van der Waals surface area (Å²) in [6.45, 7) is 6.08. The number of likely N-dealkylation sites (tertiary alicyclic amines) is 1. The minimum atomic E-state index is -0.587. The molecule has 2 N–H and O–H groups in total. The van der Waals surface area contributed by atoms with Crippen molar-refractivity contribution in [2.45, 2.75) is 44.9 Å². The Morgan fingerprint density at radius 1 is 1.44 bits per heavy atom. The van der Waals surface area contributed by atoms with Gasteiger partial charge in [0.05, 0.1) is 19.8 Å². The third kappa shape index (κ3) is 4.27. The lowest BCUT2D eigenvalue weighted by Gasteiger charge is -2.25. The van der Waals surface area contributed by atoms with Gasteiger partial charge >= 0.3 is 5.97 Å². The molecular formula is C12H22N2O4. The molecule has 0 aromatic carbocycles. The molecule has 0 saturated carbocycles. The number of hydrogen-bond donors (Lipinski definition) is 2. The molecule has 0 spiro atoms. The summed E-state index contributed by atoms with van der Waals surface area (Å²) in [7, 11) is 1.31. The van der Waals surface area contributed by atoms with Gasteiger partial charge in [-0.1, -0.05) is 0 Å². The van der Waals surface area contributed by atoms with Crippen molar-refractivity contribution in [3.8, 4) is 0 Å². The van der Waals surface area contributed by atoms with Gasteiger partial charge in [-0.05, 0) is 20.8 Å². The van der Waals surface area contributed by atoms with Gasteiger partial charge < -0.3 is 15.2 Å². The van der Waals surface area contributed by atoms with Gasteiger partial charge in [0, 0.05) is 18.5 Å². The molecule has 6 nitrogen and oxygen atoms in total. The summed E-state index contributed by atoms with van der Waals surface area (Å²) >= 11 is 0. The lowest BCUT2D eigenvalue weighted by Crippen LogP contribution is -2.48. The second-order valence-electron chi connectivity index (χ2n) is 5.66. The molecule has 2 unspecified atom stereocenters. The number of ether oxygens (including phenoxy) is 1. The highest BCUT2D eigenvalue weighted by molar-refractivity contribution is 5.81. The van der Waals surface area contributed by atoms with Gasteiger partial charge in [-0.2, -0.15) is 0 Å². The van der Waals surface area contributed by atoms with E-state index in [1.54, 1.807) is 4.90 Å². The fourth-order valence-electron chi connectivity index (χ4n) is 2.08. The third-order valence-corrected chi connectivity index (χ3v) is 2.72. The molecule has 0 aromatic heterocycles. The minimum absolute atomic E-state index is 0.0914. The first-order chi connectivity index (χ1) is 8.23. The topological polar surface area (TPSA) is 78.9 Å². The fourth-order valence-corrected chi connectivity index (χ4v) is 2.08. The summed E-state index contributed by atoms with van der Waals surface area (Å²) < 4.78 is 4.67. The van der Waals surface area contributed by atoms with E-state index >= 15 is 0 Å². The molecule has 0 aromatic rings. The molecule has 18 heavy (non-hydrogen) atoms. The van der Waals surface area contributed by atoms with E-state index in [2.05, 4.69) is 10.1 Å². The summed E-state index contributed by atoms with van der Waals surface area (Å²) in [4.78, 5) is 25.0. The van der Waals surface area contributed by atoms with Gasteiger partial charge in [0.1, 0.15) is 6.04 Å². The van der Waals surface area contributed by atoms with Gasteiger partial charge in [-0.3, -0.25) is 14.5 Å². The second kappa shape index (κ2) is 5.67. The number of esters is 1.